The molecule has 1 aromatic carbocycles. The van der Waals surface area contributed by atoms with Crippen molar-refractivity contribution in [3.8, 4) is 0 Å². The Morgan fingerprint density at radius 1 is 1.41 bits per heavy atom. The van der Waals surface area contributed by atoms with Crippen molar-refractivity contribution in [3.63, 3.8) is 0 Å². The van der Waals surface area contributed by atoms with Gasteiger partial charge >= 0.3 is 5.97 Å². The number of carboxylic acid groups (broad SMARTS) is 1. The van der Waals surface area contributed by atoms with E-state index < -0.39 is 11.4 Å². The van der Waals surface area contributed by atoms with Gasteiger partial charge in [0.25, 0.3) is 0 Å². The summed E-state index contributed by atoms with van der Waals surface area (Å²) in [7, 11) is 0. The number of hydrogen-bond acceptors (Lipinski definition) is 2. The molecule has 0 bridgehead atoms. The van der Waals surface area contributed by atoms with Gasteiger partial charge < -0.3 is 9.84 Å². The van der Waals surface area contributed by atoms with Crippen LogP contribution in [0.5, 0.6) is 0 Å². The van der Waals surface area contributed by atoms with Crippen LogP contribution in [-0.4, -0.2) is 24.3 Å². The number of hydrogen-bond donors (Lipinski definition) is 1. The second-order valence-corrected chi connectivity index (χ2v) is 4.98. The zero-order valence-electron chi connectivity index (χ0n) is 10.3. The fourth-order valence-electron chi connectivity index (χ4n) is 2.30. The second-order valence-electron chi connectivity index (χ2n) is 4.98. The maximum Gasteiger partial charge on any atom is 0.312 e. The van der Waals surface area contributed by atoms with Crippen LogP contribution in [-0.2, 0) is 16.0 Å². The summed E-state index contributed by atoms with van der Waals surface area (Å²) in [6, 6.07) is 6.15. The zero-order chi connectivity index (χ0) is 12.5. The molecule has 0 amide bonds. The molecule has 1 heterocycles. The minimum atomic E-state index is -0.742. The molecule has 1 N–H and O–H groups in total. The summed E-state index contributed by atoms with van der Waals surface area (Å²) in [5.74, 6) is -0.742. The highest BCUT2D eigenvalue weighted by Gasteiger charge is 2.42. The smallest absolute Gasteiger partial charge is 0.312 e. The molecule has 1 aliphatic rings. The highest BCUT2D eigenvalue weighted by atomic mass is 16.5. The molecule has 0 aliphatic carbocycles. The van der Waals surface area contributed by atoms with E-state index in [9.17, 15) is 9.90 Å². The second kappa shape index (κ2) is 4.49. The van der Waals surface area contributed by atoms with Crippen LogP contribution in [0.4, 0.5) is 0 Å². The third-order valence-corrected chi connectivity index (χ3v) is 3.67. The van der Waals surface area contributed by atoms with Crippen LogP contribution in [0.3, 0.4) is 0 Å². The maximum atomic E-state index is 11.4. The van der Waals surface area contributed by atoms with E-state index in [1.165, 1.54) is 11.1 Å². The van der Waals surface area contributed by atoms with Crippen molar-refractivity contribution in [1.82, 2.24) is 0 Å². The van der Waals surface area contributed by atoms with E-state index in [0.29, 0.717) is 26.1 Å². The van der Waals surface area contributed by atoms with Crippen LogP contribution >= 0.6 is 0 Å². The van der Waals surface area contributed by atoms with E-state index in [1.807, 2.05) is 6.07 Å². The molecule has 0 saturated carbocycles. The average Bonchev–Trinajstić information content (AvgIpc) is 2.73. The minimum absolute atomic E-state index is 0.329. The third-order valence-electron chi connectivity index (χ3n) is 3.67. The van der Waals surface area contributed by atoms with Crippen molar-refractivity contribution in [2.75, 3.05) is 13.2 Å². The highest BCUT2D eigenvalue weighted by molar-refractivity contribution is 5.75. The predicted molar refractivity (Wildman–Crippen MR) is 65.1 cm³/mol. The van der Waals surface area contributed by atoms with Gasteiger partial charge in [0.15, 0.2) is 0 Å². The Morgan fingerprint density at radius 2 is 2.18 bits per heavy atom. The summed E-state index contributed by atoms with van der Waals surface area (Å²) < 4.78 is 5.27. The van der Waals surface area contributed by atoms with Crippen LogP contribution in [0.2, 0.25) is 0 Å². The third kappa shape index (κ3) is 2.34. The first-order valence-corrected chi connectivity index (χ1v) is 5.91. The number of carboxylic acids is 1. The van der Waals surface area contributed by atoms with Crippen LogP contribution in [0.1, 0.15) is 23.1 Å². The van der Waals surface area contributed by atoms with Gasteiger partial charge in [-0.25, -0.2) is 0 Å². The van der Waals surface area contributed by atoms with E-state index in [4.69, 9.17) is 4.74 Å². The molecular formula is C14H18O3. The van der Waals surface area contributed by atoms with Gasteiger partial charge in [-0.2, -0.15) is 0 Å². The zero-order valence-corrected chi connectivity index (χ0v) is 10.3. The summed E-state index contributed by atoms with van der Waals surface area (Å²) >= 11 is 0. The number of aliphatic carboxylic acids is 1. The topological polar surface area (TPSA) is 46.5 Å². The SMILES string of the molecule is Cc1ccc(CC2(C(=O)O)CCOC2)cc1C. The number of carbonyl (C=O) groups is 1. The number of ether oxygens (including phenoxy) is 1. The van der Waals surface area contributed by atoms with Gasteiger partial charge in [0.05, 0.1) is 12.0 Å². The van der Waals surface area contributed by atoms with Crippen LogP contribution < -0.4 is 0 Å². The minimum Gasteiger partial charge on any atom is -0.481 e. The maximum absolute atomic E-state index is 11.4. The van der Waals surface area contributed by atoms with Crippen molar-refractivity contribution >= 4 is 5.97 Å². The molecule has 3 heteroatoms. The monoisotopic (exact) mass is 234 g/mol. The van der Waals surface area contributed by atoms with Gasteiger partial charge in [-0.3, -0.25) is 4.79 Å². The van der Waals surface area contributed by atoms with Crippen LogP contribution in [0.15, 0.2) is 18.2 Å². The highest BCUT2D eigenvalue weighted by Crippen LogP contribution is 2.33. The lowest BCUT2D eigenvalue weighted by Gasteiger charge is -2.22. The molecule has 2 rings (SSSR count). The molecule has 0 spiro atoms. The lowest BCUT2D eigenvalue weighted by molar-refractivity contribution is -0.148. The Labute approximate surface area is 101 Å². The van der Waals surface area contributed by atoms with E-state index in [2.05, 4.69) is 26.0 Å². The summed E-state index contributed by atoms with van der Waals surface area (Å²) in [4.78, 5) is 11.4. The lowest BCUT2D eigenvalue weighted by atomic mass is 9.80. The van der Waals surface area contributed by atoms with Gasteiger partial charge in [-0.15, -0.1) is 0 Å². The molecule has 92 valence electrons. The van der Waals surface area contributed by atoms with Gasteiger partial charge in [0.2, 0.25) is 0 Å². The standard InChI is InChI=1S/C14H18O3/c1-10-3-4-12(7-11(10)2)8-14(13(15)16)5-6-17-9-14/h3-4,7H,5-6,8-9H2,1-2H3,(H,15,16). The number of aryl methyl sites for hydroxylation is 2. The number of rotatable bonds is 3. The van der Waals surface area contributed by atoms with E-state index >= 15 is 0 Å². The normalized spacial score (nSPS) is 23.9. The quantitative estimate of drug-likeness (QED) is 0.873. The molecule has 1 aliphatic heterocycles. The fourth-order valence-corrected chi connectivity index (χ4v) is 2.30. The molecule has 1 fully saturated rings. The Morgan fingerprint density at radius 3 is 2.71 bits per heavy atom. The first-order chi connectivity index (χ1) is 8.03. The number of benzene rings is 1. The molecule has 0 aromatic heterocycles. The Kier molecular flexibility index (Phi) is 3.20. The Balaban J connectivity index is 2.23. The molecule has 1 aromatic rings. The van der Waals surface area contributed by atoms with Gasteiger partial charge in [0.1, 0.15) is 0 Å². The summed E-state index contributed by atoms with van der Waals surface area (Å²) in [6.45, 7) is 4.99. The molecule has 3 nitrogen and oxygen atoms in total. The van der Waals surface area contributed by atoms with E-state index in [1.54, 1.807) is 0 Å². The van der Waals surface area contributed by atoms with Crippen molar-refractivity contribution in [2.24, 2.45) is 5.41 Å². The Hall–Kier alpha value is -1.35. The largest absolute Gasteiger partial charge is 0.481 e. The first kappa shape index (κ1) is 12.1. The predicted octanol–water partition coefficient (Wildman–Crippen LogP) is 2.34. The van der Waals surface area contributed by atoms with Gasteiger partial charge in [0, 0.05) is 6.61 Å². The van der Waals surface area contributed by atoms with Crippen LogP contribution in [0, 0.1) is 19.3 Å². The summed E-state index contributed by atoms with van der Waals surface area (Å²) in [6.07, 6.45) is 1.17. The van der Waals surface area contributed by atoms with Gasteiger partial charge in [-0.05, 0) is 43.4 Å². The van der Waals surface area contributed by atoms with Crippen molar-refractivity contribution in [2.45, 2.75) is 26.7 Å². The first-order valence-electron chi connectivity index (χ1n) is 5.91. The molecule has 0 radical (unpaired) electrons. The van der Waals surface area contributed by atoms with E-state index in [-0.39, 0.29) is 0 Å². The summed E-state index contributed by atoms with van der Waals surface area (Å²) in [5.41, 5.74) is 2.81. The molecular weight excluding hydrogens is 216 g/mol. The molecule has 1 saturated heterocycles. The van der Waals surface area contributed by atoms with Gasteiger partial charge in [-0.1, -0.05) is 18.2 Å². The average molecular weight is 234 g/mol. The molecule has 1 atom stereocenters. The van der Waals surface area contributed by atoms with E-state index in [0.717, 1.165) is 5.56 Å². The van der Waals surface area contributed by atoms with Crippen LogP contribution in [0.25, 0.3) is 0 Å². The summed E-state index contributed by atoms with van der Waals surface area (Å²) in [5, 5.41) is 9.37. The van der Waals surface area contributed by atoms with Crippen molar-refractivity contribution in [1.29, 1.82) is 0 Å². The molecule has 17 heavy (non-hydrogen) atoms. The molecule has 1 unspecified atom stereocenters. The van der Waals surface area contributed by atoms with Crippen molar-refractivity contribution < 1.29 is 14.6 Å². The lowest BCUT2D eigenvalue weighted by Crippen LogP contribution is -2.33. The Bertz CT molecular complexity index is 431. The van der Waals surface area contributed by atoms with Crippen molar-refractivity contribution in [3.05, 3.63) is 34.9 Å². The fraction of sp³-hybridized carbons (Fsp3) is 0.500.